The molecule has 0 spiro atoms. The minimum Gasteiger partial charge on any atom is -0.434 e. The first-order valence-electron chi connectivity index (χ1n) is 5.93. The lowest BCUT2D eigenvalue weighted by molar-refractivity contribution is -0.0504. The van der Waals surface area contributed by atoms with Crippen molar-refractivity contribution >= 4 is 21.6 Å². The lowest BCUT2D eigenvalue weighted by Crippen LogP contribution is -2.07. The molecule has 0 atom stereocenters. The third-order valence-corrected chi connectivity index (χ3v) is 3.09. The Morgan fingerprint density at radius 3 is 2.80 bits per heavy atom. The highest BCUT2D eigenvalue weighted by molar-refractivity contribution is 9.10. The van der Waals surface area contributed by atoms with Gasteiger partial charge in [-0.3, -0.25) is 4.98 Å². The van der Waals surface area contributed by atoms with E-state index in [2.05, 4.69) is 31.0 Å². The van der Waals surface area contributed by atoms with Crippen molar-refractivity contribution in [2.75, 3.05) is 5.32 Å². The van der Waals surface area contributed by atoms with E-state index in [1.165, 1.54) is 6.07 Å². The van der Waals surface area contributed by atoms with Gasteiger partial charge in [0.05, 0.1) is 5.69 Å². The number of nitrogens with zero attached hydrogens (tertiary/aromatic N) is 1. The van der Waals surface area contributed by atoms with Crippen LogP contribution in [0, 0.1) is 6.92 Å². The maximum Gasteiger partial charge on any atom is 0.387 e. The Balaban J connectivity index is 2.13. The summed E-state index contributed by atoms with van der Waals surface area (Å²) < 4.78 is 30.0. The Kier molecular flexibility index (Phi) is 4.89. The molecule has 20 heavy (non-hydrogen) atoms. The van der Waals surface area contributed by atoms with Crippen LogP contribution in [0.4, 0.5) is 14.5 Å². The third kappa shape index (κ3) is 4.16. The molecular formula is C14H13BrF2N2O. The highest BCUT2D eigenvalue weighted by Crippen LogP contribution is 2.25. The number of pyridine rings is 1. The molecule has 0 amide bonds. The zero-order valence-electron chi connectivity index (χ0n) is 10.7. The molecule has 3 nitrogen and oxygen atoms in total. The van der Waals surface area contributed by atoms with Crippen molar-refractivity contribution in [1.82, 2.24) is 4.98 Å². The fraction of sp³-hybridized carbons (Fsp3) is 0.214. The summed E-state index contributed by atoms with van der Waals surface area (Å²) in [5, 5.41) is 3.13. The van der Waals surface area contributed by atoms with Crippen LogP contribution >= 0.6 is 15.9 Å². The molecule has 1 N–H and O–H groups in total. The molecule has 0 aliphatic carbocycles. The molecule has 0 aliphatic rings. The van der Waals surface area contributed by atoms with Crippen LogP contribution in [0.1, 0.15) is 11.1 Å². The summed E-state index contributed by atoms with van der Waals surface area (Å²) in [6.07, 6.45) is 3.42. The van der Waals surface area contributed by atoms with E-state index in [1.54, 1.807) is 24.5 Å². The highest BCUT2D eigenvalue weighted by Gasteiger charge is 2.10. The molecule has 0 aliphatic heterocycles. The van der Waals surface area contributed by atoms with E-state index in [9.17, 15) is 8.78 Å². The third-order valence-electron chi connectivity index (χ3n) is 2.60. The first kappa shape index (κ1) is 14.7. The first-order valence-corrected chi connectivity index (χ1v) is 6.72. The molecule has 1 aromatic heterocycles. The van der Waals surface area contributed by atoms with Crippen LogP contribution in [0.2, 0.25) is 0 Å². The summed E-state index contributed by atoms with van der Waals surface area (Å²) in [6.45, 7) is -0.537. The molecule has 0 saturated heterocycles. The van der Waals surface area contributed by atoms with Gasteiger partial charge in [0.15, 0.2) is 0 Å². The number of benzene rings is 1. The van der Waals surface area contributed by atoms with Crippen LogP contribution < -0.4 is 10.1 Å². The molecule has 0 unspecified atom stereocenters. The van der Waals surface area contributed by atoms with Crippen molar-refractivity contribution in [2.45, 2.75) is 20.1 Å². The van der Waals surface area contributed by atoms with E-state index in [1.807, 2.05) is 13.0 Å². The Labute approximate surface area is 124 Å². The van der Waals surface area contributed by atoms with Gasteiger partial charge in [-0.25, -0.2) is 0 Å². The van der Waals surface area contributed by atoms with Crippen molar-refractivity contribution in [3.8, 4) is 5.75 Å². The Bertz CT molecular complexity index is 593. The predicted octanol–water partition coefficient (Wildman–Crippen LogP) is 4.37. The Hall–Kier alpha value is -1.69. The molecule has 0 radical (unpaired) electrons. The predicted molar refractivity (Wildman–Crippen MR) is 77.1 cm³/mol. The number of hydrogen-bond donors (Lipinski definition) is 1. The molecule has 1 heterocycles. The largest absolute Gasteiger partial charge is 0.434 e. The monoisotopic (exact) mass is 342 g/mol. The average Bonchev–Trinajstić information content (AvgIpc) is 2.39. The van der Waals surface area contributed by atoms with Crippen LogP contribution in [-0.2, 0) is 6.54 Å². The number of nitrogens with one attached hydrogen (secondary N) is 1. The normalized spacial score (nSPS) is 10.7. The summed E-state index contributed by atoms with van der Waals surface area (Å²) >= 11 is 3.32. The van der Waals surface area contributed by atoms with Crippen molar-refractivity contribution in [1.29, 1.82) is 0 Å². The summed E-state index contributed by atoms with van der Waals surface area (Å²) in [6, 6.07) is 6.85. The highest BCUT2D eigenvalue weighted by atomic mass is 79.9. The van der Waals surface area contributed by atoms with E-state index in [0.29, 0.717) is 12.1 Å². The van der Waals surface area contributed by atoms with Gasteiger partial charge in [0.25, 0.3) is 0 Å². The molecule has 1 aromatic carbocycles. The van der Waals surface area contributed by atoms with Gasteiger partial charge in [0.2, 0.25) is 0 Å². The van der Waals surface area contributed by atoms with Crippen molar-refractivity contribution in [2.24, 2.45) is 0 Å². The van der Waals surface area contributed by atoms with Gasteiger partial charge in [-0.1, -0.05) is 15.9 Å². The fourth-order valence-electron chi connectivity index (χ4n) is 1.75. The summed E-state index contributed by atoms with van der Waals surface area (Å²) in [5.74, 6) is 0.163. The second-order valence-corrected chi connectivity index (χ2v) is 5.15. The maximum atomic E-state index is 12.4. The van der Waals surface area contributed by atoms with E-state index in [0.717, 1.165) is 15.7 Å². The van der Waals surface area contributed by atoms with Crippen molar-refractivity contribution in [3.63, 3.8) is 0 Å². The second-order valence-electron chi connectivity index (χ2n) is 4.24. The molecule has 2 aromatic rings. The molecule has 0 bridgehead atoms. The van der Waals surface area contributed by atoms with Gasteiger partial charge in [-0.15, -0.1) is 0 Å². The van der Waals surface area contributed by atoms with Crippen LogP contribution in [0.3, 0.4) is 0 Å². The Morgan fingerprint density at radius 1 is 1.30 bits per heavy atom. The van der Waals surface area contributed by atoms with Gasteiger partial charge in [0, 0.05) is 29.0 Å². The zero-order valence-corrected chi connectivity index (χ0v) is 12.3. The number of hydrogen-bond acceptors (Lipinski definition) is 3. The van der Waals surface area contributed by atoms with Gasteiger partial charge >= 0.3 is 6.61 Å². The minimum absolute atomic E-state index is 0.163. The average molecular weight is 343 g/mol. The van der Waals surface area contributed by atoms with Gasteiger partial charge < -0.3 is 10.1 Å². The number of ether oxygens (including phenoxy) is 1. The van der Waals surface area contributed by atoms with Gasteiger partial charge in [-0.2, -0.15) is 8.78 Å². The Morgan fingerprint density at radius 2 is 2.10 bits per heavy atom. The lowest BCUT2D eigenvalue weighted by Gasteiger charge is -2.12. The SMILES string of the molecule is Cc1cncc(NCc2cc(Br)ccc2OC(F)F)c1. The number of aryl methyl sites for hydroxylation is 1. The lowest BCUT2D eigenvalue weighted by atomic mass is 10.2. The summed E-state index contributed by atoms with van der Waals surface area (Å²) in [7, 11) is 0. The van der Waals surface area contributed by atoms with Gasteiger partial charge in [-0.05, 0) is 36.8 Å². The molecule has 106 valence electrons. The van der Waals surface area contributed by atoms with Crippen LogP contribution in [0.15, 0.2) is 41.1 Å². The molecular weight excluding hydrogens is 330 g/mol. The van der Waals surface area contributed by atoms with E-state index in [-0.39, 0.29) is 5.75 Å². The topological polar surface area (TPSA) is 34.2 Å². The maximum absolute atomic E-state index is 12.4. The van der Waals surface area contributed by atoms with E-state index < -0.39 is 6.61 Å². The number of rotatable bonds is 5. The number of aromatic nitrogens is 1. The van der Waals surface area contributed by atoms with Crippen molar-refractivity contribution in [3.05, 3.63) is 52.3 Å². The number of anilines is 1. The molecule has 2 rings (SSSR count). The molecule has 0 fully saturated rings. The van der Waals surface area contributed by atoms with Crippen LogP contribution in [0.5, 0.6) is 5.75 Å². The minimum atomic E-state index is -2.84. The zero-order chi connectivity index (χ0) is 14.5. The smallest absolute Gasteiger partial charge is 0.387 e. The quantitative estimate of drug-likeness (QED) is 0.876. The fourth-order valence-corrected chi connectivity index (χ4v) is 2.15. The second kappa shape index (κ2) is 6.65. The van der Waals surface area contributed by atoms with Crippen LogP contribution in [-0.4, -0.2) is 11.6 Å². The molecule has 6 heteroatoms. The van der Waals surface area contributed by atoms with Gasteiger partial charge in [0.1, 0.15) is 5.75 Å². The number of halogens is 3. The van der Waals surface area contributed by atoms with E-state index >= 15 is 0 Å². The van der Waals surface area contributed by atoms with Crippen LogP contribution in [0.25, 0.3) is 0 Å². The molecule has 0 saturated carbocycles. The van der Waals surface area contributed by atoms with E-state index in [4.69, 9.17) is 0 Å². The number of alkyl halides is 2. The summed E-state index contributed by atoms with van der Waals surface area (Å²) in [4.78, 5) is 4.06. The first-order chi connectivity index (χ1) is 9.54. The van der Waals surface area contributed by atoms with Crippen molar-refractivity contribution < 1.29 is 13.5 Å². The standard InChI is InChI=1S/C14H13BrF2N2O/c1-9-4-12(8-18-6-9)19-7-10-5-11(15)2-3-13(10)20-14(16)17/h2-6,8,14,19H,7H2,1H3. The summed E-state index contributed by atoms with van der Waals surface area (Å²) in [5.41, 5.74) is 2.49.